The van der Waals surface area contributed by atoms with Gasteiger partial charge in [0, 0.05) is 37.1 Å². The number of amidine groups is 1. The number of nitro groups is 1. The van der Waals surface area contributed by atoms with Crippen LogP contribution in [0.25, 0.3) is 0 Å². The molecule has 0 radical (unpaired) electrons. The third-order valence-electron chi connectivity index (χ3n) is 3.30. The van der Waals surface area contributed by atoms with Crippen molar-refractivity contribution in [1.29, 1.82) is 0 Å². The minimum Gasteiger partial charge on any atom is -0.381 e. The molecule has 0 saturated carbocycles. The minimum absolute atomic E-state index is 0.145. The number of aliphatic imine (C=N–C) groups is 1. The van der Waals surface area contributed by atoms with Crippen LogP contribution in [0.4, 0.5) is 0 Å². The van der Waals surface area contributed by atoms with Gasteiger partial charge in [0.25, 0.3) is 6.54 Å². The van der Waals surface area contributed by atoms with Gasteiger partial charge in [0.2, 0.25) is 0 Å². The molecule has 0 aromatic heterocycles. The van der Waals surface area contributed by atoms with Gasteiger partial charge in [0.05, 0.1) is 6.61 Å². The van der Waals surface area contributed by atoms with Gasteiger partial charge in [-0.2, -0.15) is 0 Å². The minimum atomic E-state index is -0.289. The van der Waals surface area contributed by atoms with Crippen LogP contribution in [0.5, 0.6) is 0 Å². The van der Waals surface area contributed by atoms with Crippen molar-refractivity contribution < 1.29 is 9.66 Å². The lowest BCUT2D eigenvalue weighted by atomic mass is 10.1. The van der Waals surface area contributed by atoms with Crippen molar-refractivity contribution in [3.8, 4) is 0 Å². The second-order valence-corrected chi connectivity index (χ2v) is 4.67. The molecule has 2 heterocycles. The molecule has 6 heteroatoms. The van der Waals surface area contributed by atoms with E-state index < -0.39 is 0 Å². The highest BCUT2D eigenvalue weighted by atomic mass is 16.6. The third kappa shape index (κ3) is 3.66. The molecular weight excluding hydrogens is 222 g/mol. The fourth-order valence-electron chi connectivity index (χ4n) is 2.30. The average Bonchev–Trinajstić information content (AvgIpc) is 2.96. The van der Waals surface area contributed by atoms with Crippen LogP contribution in [0.3, 0.4) is 0 Å². The average molecular weight is 241 g/mol. The van der Waals surface area contributed by atoms with Gasteiger partial charge >= 0.3 is 0 Å². The molecule has 0 aliphatic carbocycles. The molecule has 2 aliphatic heterocycles. The fourth-order valence-corrected chi connectivity index (χ4v) is 2.30. The first-order valence-electron chi connectivity index (χ1n) is 6.23. The number of nitrogens with zero attached hydrogens (tertiary/aromatic N) is 3. The molecule has 1 atom stereocenters. The van der Waals surface area contributed by atoms with Gasteiger partial charge in [-0.05, 0) is 19.3 Å². The predicted molar refractivity (Wildman–Crippen MR) is 63.9 cm³/mol. The number of likely N-dealkylation sites (tertiary alicyclic amines) is 1. The van der Waals surface area contributed by atoms with E-state index in [2.05, 4.69) is 9.89 Å². The predicted octanol–water partition coefficient (Wildman–Crippen LogP) is 0.794. The van der Waals surface area contributed by atoms with Crippen molar-refractivity contribution in [2.24, 2.45) is 10.9 Å². The quantitative estimate of drug-likeness (QED) is 0.316. The molecule has 6 nitrogen and oxygen atoms in total. The van der Waals surface area contributed by atoms with E-state index in [1.54, 1.807) is 0 Å². The first kappa shape index (κ1) is 12.3. The second-order valence-electron chi connectivity index (χ2n) is 4.67. The zero-order valence-corrected chi connectivity index (χ0v) is 10.0. The van der Waals surface area contributed by atoms with Crippen molar-refractivity contribution in [1.82, 2.24) is 4.90 Å². The summed E-state index contributed by atoms with van der Waals surface area (Å²) in [7, 11) is 0. The van der Waals surface area contributed by atoms with Crippen molar-refractivity contribution in [2.75, 3.05) is 39.4 Å². The molecule has 2 aliphatic rings. The molecule has 96 valence electrons. The van der Waals surface area contributed by atoms with Gasteiger partial charge < -0.3 is 9.64 Å². The van der Waals surface area contributed by atoms with Crippen molar-refractivity contribution >= 4 is 5.84 Å². The van der Waals surface area contributed by atoms with Crippen LogP contribution in [0.15, 0.2) is 4.99 Å². The SMILES string of the molecule is O=[N+]([O-])CC(=NCC1CCOC1)N1CCCC1. The Hall–Kier alpha value is -1.17. The highest BCUT2D eigenvalue weighted by Crippen LogP contribution is 2.14. The van der Waals surface area contributed by atoms with Crippen molar-refractivity contribution in [3.63, 3.8) is 0 Å². The maximum absolute atomic E-state index is 10.6. The molecule has 1 unspecified atom stereocenters. The first-order valence-corrected chi connectivity index (χ1v) is 6.23. The summed E-state index contributed by atoms with van der Waals surface area (Å²) in [5.74, 6) is 1.10. The van der Waals surface area contributed by atoms with Crippen LogP contribution in [0, 0.1) is 16.0 Å². The smallest absolute Gasteiger partial charge is 0.260 e. The molecule has 0 bridgehead atoms. The second kappa shape index (κ2) is 5.95. The Morgan fingerprint density at radius 3 is 2.82 bits per heavy atom. The van der Waals surface area contributed by atoms with E-state index in [1.165, 1.54) is 0 Å². The molecule has 0 aromatic rings. The first-order chi connectivity index (χ1) is 8.25. The molecular formula is C11H19N3O3. The summed E-state index contributed by atoms with van der Waals surface area (Å²) in [5.41, 5.74) is 0. The standard InChI is InChI=1S/C11H19N3O3/c15-14(16)8-11(13-4-1-2-5-13)12-7-10-3-6-17-9-10/h10H,1-9H2. The Morgan fingerprint density at radius 1 is 1.47 bits per heavy atom. The van der Waals surface area contributed by atoms with Gasteiger partial charge in [-0.15, -0.1) is 0 Å². The molecule has 0 N–H and O–H groups in total. The summed E-state index contributed by atoms with van der Waals surface area (Å²) in [4.78, 5) is 16.8. The monoisotopic (exact) mass is 241 g/mol. The maximum atomic E-state index is 10.6. The highest BCUT2D eigenvalue weighted by molar-refractivity contribution is 5.83. The lowest BCUT2D eigenvalue weighted by Gasteiger charge is -2.17. The van der Waals surface area contributed by atoms with Gasteiger partial charge in [-0.1, -0.05) is 0 Å². The fraction of sp³-hybridized carbons (Fsp3) is 0.909. The Labute approximate surface area is 101 Å². The van der Waals surface area contributed by atoms with Gasteiger partial charge in [-0.25, -0.2) is 0 Å². The van der Waals surface area contributed by atoms with Crippen molar-refractivity contribution in [3.05, 3.63) is 10.1 Å². The van der Waals surface area contributed by atoms with E-state index in [4.69, 9.17) is 4.74 Å². The highest BCUT2D eigenvalue weighted by Gasteiger charge is 2.21. The van der Waals surface area contributed by atoms with Crippen LogP contribution in [-0.2, 0) is 4.74 Å². The Morgan fingerprint density at radius 2 is 2.24 bits per heavy atom. The van der Waals surface area contributed by atoms with E-state index in [1.807, 2.05) is 0 Å². The maximum Gasteiger partial charge on any atom is 0.260 e. The van der Waals surface area contributed by atoms with E-state index in [-0.39, 0.29) is 11.5 Å². The third-order valence-corrected chi connectivity index (χ3v) is 3.30. The van der Waals surface area contributed by atoms with E-state index in [0.717, 1.165) is 45.6 Å². The summed E-state index contributed by atoms with van der Waals surface area (Å²) in [6.45, 7) is 3.89. The Kier molecular flexibility index (Phi) is 4.30. The molecule has 0 aromatic carbocycles. The summed E-state index contributed by atoms with van der Waals surface area (Å²) < 4.78 is 5.28. The largest absolute Gasteiger partial charge is 0.381 e. The van der Waals surface area contributed by atoms with Crippen LogP contribution in [0.2, 0.25) is 0 Å². The zero-order valence-electron chi connectivity index (χ0n) is 10.0. The van der Waals surface area contributed by atoms with Gasteiger partial charge in [0.1, 0.15) is 0 Å². The summed E-state index contributed by atoms with van der Waals surface area (Å²) in [6, 6.07) is 0. The van der Waals surface area contributed by atoms with Gasteiger partial charge in [-0.3, -0.25) is 15.1 Å². The van der Waals surface area contributed by atoms with E-state index in [9.17, 15) is 10.1 Å². The Bertz CT molecular complexity index is 294. The number of hydrogen-bond acceptors (Lipinski definition) is 4. The number of hydrogen-bond donors (Lipinski definition) is 0. The Balaban J connectivity index is 1.92. The molecule has 0 spiro atoms. The zero-order chi connectivity index (χ0) is 12.1. The molecule has 2 fully saturated rings. The summed E-state index contributed by atoms with van der Waals surface area (Å²) in [6.07, 6.45) is 3.25. The van der Waals surface area contributed by atoms with Crippen LogP contribution >= 0.6 is 0 Å². The summed E-state index contributed by atoms with van der Waals surface area (Å²) in [5, 5.41) is 10.6. The van der Waals surface area contributed by atoms with Crippen LogP contribution in [-0.4, -0.2) is 55.1 Å². The molecule has 2 rings (SSSR count). The molecule has 17 heavy (non-hydrogen) atoms. The summed E-state index contributed by atoms with van der Waals surface area (Å²) >= 11 is 0. The topological polar surface area (TPSA) is 68.0 Å². The molecule has 2 saturated heterocycles. The van der Waals surface area contributed by atoms with Crippen LogP contribution < -0.4 is 0 Å². The van der Waals surface area contributed by atoms with E-state index >= 15 is 0 Å². The number of ether oxygens (including phenoxy) is 1. The van der Waals surface area contributed by atoms with Crippen molar-refractivity contribution in [2.45, 2.75) is 19.3 Å². The normalized spacial score (nSPS) is 25.5. The number of rotatable bonds is 4. The van der Waals surface area contributed by atoms with Gasteiger partial charge in [0.15, 0.2) is 5.84 Å². The van der Waals surface area contributed by atoms with E-state index in [0.29, 0.717) is 18.3 Å². The van der Waals surface area contributed by atoms with Crippen LogP contribution in [0.1, 0.15) is 19.3 Å². The lowest BCUT2D eigenvalue weighted by molar-refractivity contribution is -0.464. The lowest BCUT2D eigenvalue weighted by Crippen LogP contribution is -2.34. The molecule has 0 amide bonds.